The molecule has 0 aliphatic carbocycles. The molecule has 1 aliphatic rings. The third-order valence-corrected chi connectivity index (χ3v) is 2.51. The Bertz CT molecular complexity index is 94.3. The zero-order valence-corrected chi connectivity index (χ0v) is 7.79. The average molecular weight is 165 g/mol. The summed E-state index contributed by atoms with van der Waals surface area (Å²) in [5.41, 5.74) is 0.486. The molecule has 1 N–H and O–H groups in total. The first kappa shape index (κ1) is 10.2. The number of hydrogen-bond acceptors (Lipinski definition) is 2. The van der Waals surface area contributed by atoms with Crippen LogP contribution in [0.15, 0.2) is 0 Å². The van der Waals surface area contributed by atoms with E-state index in [0.717, 1.165) is 13.1 Å². The van der Waals surface area contributed by atoms with Gasteiger partial charge in [-0.15, -0.1) is 12.4 Å². The van der Waals surface area contributed by atoms with Crippen molar-refractivity contribution in [1.82, 2.24) is 10.2 Å². The molecule has 0 aromatic heterocycles. The van der Waals surface area contributed by atoms with Gasteiger partial charge < -0.3 is 10.2 Å². The van der Waals surface area contributed by atoms with Gasteiger partial charge in [0.2, 0.25) is 0 Å². The second kappa shape index (κ2) is 3.56. The number of likely N-dealkylation sites (N-methyl/N-ethyl adjacent to an activating group) is 1. The maximum Gasteiger partial charge on any atom is 0.0449 e. The van der Waals surface area contributed by atoms with Crippen LogP contribution < -0.4 is 5.32 Å². The molecule has 0 aromatic carbocycles. The second-order valence-corrected chi connectivity index (χ2v) is 3.08. The molecule has 1 aliphatic heterocycles. The summed E-state index contributed by atoms with van der Waals surface area (Å²) >= 11 is 0. The quantitative estimate of drug-likeness (QED) is 0.647. The molecular formula is C7H17ClN2. The number of hydrogen-bond donors (Lipinski definition) is 1. The molecule has 0 bridgehead atoms. The zero-order chi connectivity index (χ0) is 6.91. The fraction of sp³-hybridized carbons (Fsp3) is 1.00. The molecule has 0 radical (unpaired) electrons. The molecule has 1 saturated heterocycles. The SMILES string of the molecule is CCC1(N(C)C)CNC1.Cl. The summed E-state index contributed by atoms with van der Waals surface area (Å²) in [6.45, 7) is 4.58. The van der Waals surface area contributed by atoms with Crippen LogP contribution in [-0.4, -0.2) is 37.6 Å². The number of rotatable bonds is 2. The highest BCUT2D eigenvalue weighted by Gasteiger charge is 2.36. The van der Waals surface area contributed by atoms with Crippen molar-refractivity contribution in [2.24, 2.45) is 0 Å². The normalized spacial score (nSPS) is 21.6. The lowest BCUT2D eigenvalue weighted by atomic mass is 9.88. The van der Waals surface area contributed by atoms with Gasteiger partial charge in [-0.2, -0.15) is 0 Å². The van der Waals surface area contributed by atoms with Gasteiger partial charge in [0.15, 0.2) is 0 Å². The molecule has 3 heteroatoms. The highest BCUT2D eigenvalue weighted by Crippen LogP contribution is 2.20. The van der Waals surface area contributed by atoms with Crippen molar-refractivity contribution in [2.75, 3.05) is 27.2 Å². The molecule has 1 rings (SSSR count). The van der Waals surface area contributed by atoms with Crippen LogP contribution >= 0.6 is 12.4 Å². The van der Waals surface area contributed by atoms with Gasteiger partial charge in [-0.05, 0) is 20.5 Å². The summed E-state index contributed by atoms with van der Waals surface area (Å²) in [5.74, 6) is 0. The predicted molar refractivity (Wildman–Crippen MR) is 46.8 cm³/mol. The van der Waals surface area contributed by atoms with E-state index in [1.807, 2.05) is 0 Å². The minimum absolute atomic E-state index is 0. The van der Waals surface area contributed by atoms with E-state index in [1.165, 1.54) is 6.42 Å². The number of nitrogens with one attached hydrogen (secondary N) is 1. The molecule has 62 valence electrons. The highest BCUT2D eigenvalue weighted by atomic mass is 35.5. The van der Waals surface area contributed by atoms with Gasteiger partial charge in [-0.1, -0.05) is 6.92 Å². The smallest absolute Gasteiger partial charge is 0.0449 e. The topological polar surface area (TPSA) is 15.3 Å². The fourth-order valence-electron chi connectivity index (χ4n) is 1.30. The monoisotopic (exact) mass is 164 g/mol. The Morgan fingerprint density at radius 2 is 1.90 bits per heavy atom. The van der Waals surface area contributed by atoms with Gasteiger partial charge in [0.25, 0.3) is 0 Å². The minimum Gasteiger partial charge on any atom is -0.313 e. The lowest BCUT2D eigenvalue weighted by Crippen LogP contribution is -2.66. The average Bonchev–Trinajstić information content (AvgIpc) is 1.62. The van der Waals surface area contributed by atoms with Crippen molar-refractivity contribution in [3.63, 3.8) is 0 Å². The van der Waals surface area contributed by atoms with Crippen LogP contribution in [-0.2, 0) is 0 Å². The van der Waals surface area contributed by atoms with E-state index in [1.54, 1.807) is 0 Å². The van der Waals surface area contributed by atoms with Gasteiger partial charge in [0.05, 0.1) is 0 Å². The van der Waals surface area contributed by atoms with Crippen LogP contribution in [0.3, 0.4) is 0 Å². The maximum absolute atomic E-state index is 3.29. The molecule has 0 aromatic rings. The predicted octanol–water partition coefficient (Wildman–Crippen LogP) is 0.722. The maximum atomic E-state index is 3.29. The third-order valence-electron chi connectivity index (χ3n) is 2.51. The Labute approximate surface area is 69.4 Å². The molecule has 2 nitrogen and oxygen atoms in total. The number of halogens is 1. The van der Waals surface area contributed by atoms with Crippen molar-refractivity contribution >= 4 is 12.4 Å². The second-order valence-electron chi connectivity index (χ2n) is 3.08. The Kier molecular flexibility index (Phi) is 3.63. The van der Waals surface area contributed by atoms with Gasteiger partial charge in [0.1, 0.15) is 0 Å². The van der Waals surface area contributed by atoms with Crippen LogP contribution in [0.5, 0.6) is 0 Å². The summed E-state index contributed by atoms with van der Waals surface area (Å²) in [4.78, 5) is 2.32. The Morgan fingerprint density at radius 3 is 1.90 bits per heavy atom. The van der Waals surface area contributed by atoms with E-state index in [2.05, 4.69) is 31.2 Å². The van der Waals surface area contributed by atoms with Crippen LogP contribution in [0, 0.1) is 0 Å². The van der Waals surface area contributed by atoms with Gasteiger partial charge >= 0.3 is 0 Å². The molecule has 1 heterocycles. The van der Waals surface area contributed by atoms with E-state index < -0.39 is 0 Å². The van der Waals surface area contributed by atoms with E-state index in [-0.39, 0.29) is 12.4 Å². The summed E-state index contributed by atoms with van der Waals surface area (Å²) in [6.07, 6.45) is 1.26. The van der Waals surface area contributed by atoms with Crippen molar-refractivity contribution in [3.05, 3.63) is 0 Å². The Hall–Kier alpha value is 0.210. The minimum atomic E-state index is 0. The van der Waals surface area contributed by atoms with E-state index in [0.29, 0.717) is 5.54 Å². The zero-order valence-electron chi connectivity index (χ0n) is 6.98. The summed E-state index contributed by atoms with van der Waals surface area (Å²) in [7, 11) is 4.31. The van der Waals surface area contributed by atoms with Gasteiger partial charge in [-0.25, -0.2) is 0 Å². The first-order chi connectivity index (χ1) is 4.21. The van der Waals surface area contributed by atoms with E-state index in [4.69, 9.17) is 0 Å². The largest absolute Gasteiger partial charge is 0.313 e. The molecule has 0 saturated carbocycles. The fourth-order valence-corrected chi connectivity index (χ4v) is 1.30. The summed E-state index contributed by atoms with van der Waals surface area (Å²) < 4.78 is 0. The molecule has 10 heavy (non-hydrogen) atoms. The lowest BCUT2D eigenvalue weighted by molar-refractivity contribution is 0.0813. The third kappa shape index (κ3) is 1.44. The Balaban J connectivity index is 0.000000810. The molecule has 0 unspecified atom stereocenters. The molecule has 0 spiro atoms. The highest BCUT2D eigenvalue weighted by molar-refractivity contribution is 5.85. The molecule has 0 amide bonds. The molecule has 0 atom stereocenters. The van der Waals surface area contributed by atoms with Crippen LogP contribution in [0.25, 0.3) is 0 Å². The lowest BCUT2D eigenvalue weighted by Gasteiger charge is -2.47. The van der Waals surface area contributed by atoms with Crippen LogP contribution in [0.2, 0.25) is 0 Å². The van der Waals surface area contributed by atoms with Gasteiger partial charge in [0, 0.05) is 18.6 Å². The first-order valence-electron chi connectivity index (χ1n) is 3.59. The van der Waals surface area contributed by atoms with Gasteiger partial charge in [-0.3, -0.25) is 0 Å². The van der Waals surface area contributed by atoms with Crippen molar-refractivity contribution in [1.29, 1.82) is 0 Å². The van der Waals surface area contributed by atoms with Crippen molar-refractivity contribution in [2.45, 2.75) is 18.9 Å². The van der Waals surface area contributed by atoms with Crippen molar-refractivity contribution < 1.29 is 0 Å². The standard InChI is InChI=1S/C7H16N2.ClH/c1-4-7(9(2)3)5-8-6-7;/h8H,4-6H2,1-3H3;1H. The van der Waals surface area contributed by atoms with E-state index in [9.17, 15) is 0 Å². The summed E-state index contributed by atoms with van der Waals surface area (Å²) in [6, 6.07) is 0. The van der Waals surface area contributed by atoms with E-state index >= 15 is 0 Å². The molecule has 1 fully saturated rings. The van der Waals surface area contributed by atoms with Crippen molar-refractivity contribution in [3.8, 4) is 0 Å². The van der Waals surface area contributed by atoms with Crippen LogP contribution in [0.4, 0.5) is 0 Å². The summed E-state index contributed by atoms with van der Waals surface area (Å²) in [5, 5.41) is 3.29. The molecular weight excluding hydrogens is 148 g/mol. The van der Waals surface area contributed by atoms with Crippen LogP contribution in [0.1, 0.15) is 13.3 Å². The Morgan fingerprint density at radius 1 is 1.40 bits per heavy atom. The number of nitrogens with zero attached hydrogens (tertiary/aromatic N) is 1. The first-order valence-corrected chi connectivity index (χ1v) is 3.59.